The van der Waals surface area contributed by atoms with Crippen LogP contribution in [-0.4, -0.2) is 33.6 Å². The third-order valence-electron chi connectivity index (χ3n) is 3.77. The molecule has 0 fully saturated rings. The van der Waals surface area contributed by atoms with Gasteiger partial charge < -0.3 is 14.6 Å². The number of hydrogen-bond acceptors (Lipinski definition) is 2. The molecule has 0 saturated carbocycles. The maximum absolute atomic E-state index is 12.0. The summed E-state index contributed by atoms with van der Waals surface area (Å²) >= 11 is 0. The standard InChI is InChI=1S/C14H22N2O2/c1-10(2)15(3)14(18)9-16-7-11-5-4-6-13(17)12(11)8-16/h7-8,10,13,17H,4-6,9H2,1-3H3. The number of aryl methyl sites for hydroxylation is 1. The number of aromatic nitrogens is 1. The largest absolute Gasteiger partial charge is 0.388 e. The van der Waals surface area contributed by atoms with Gasteiger partial charge in [0, 0.05) is 31.0 Å². The summed E-state index contributed by atoms with van der Waals surface area (Å²) in [6, 6.07) is 0.216. The second-order valence-corrected chi connectivity index (χ2v) is 5.42. The van der Waals surface area contributed by atoms with Gasteiger partial charge in [0.05, 0.1) is 6.10 Å². The van der Waals surface area contributed by atoms with E-state index in [1.165, 1.54) is 5.56 Å². The van der Waals surface area contributed by atoms with Gasteiger partial charge in [0.25, 0.3) is 0 Å². The number of carbonyl (C=O) groups excluding carboxylic acids is 1. The van der Waals surface area contributed by atoms with Gasteiger partial charge in [-0.15, -0.1) is 0 Å². The summed E-state index contributed by atoms with van der Waals surface area (Å²) in [5, 5.41) is 9.90. The topological polar surface area (TPSA) is 45.5 Å². The van der Waals surface area contributed by atoms with Crippen molar-refractivity contribution < 1.29 is 9.90 Å². The van der Waals surface area contributed by atoms with Gasteiger partial charge in [-0.1, -0.05) is 0 Å². The van der Waals surface area contributed by atoms with Crippen LogP contribution in [0, 0.1) is 0 Å². The molecule has 2 rings (SSSR count). The Morgan fingerprint density at radius 1 is 1.56 bits per heavy atom. The van der Waals surface area contributed by atoms with Gasteiger partial charge in [-0.2, -0.15) is 0 Å². The van der Waals surface area contributed by atoms with Gasteiger partial charge in [-0.25, -0.2) is 0 Å². The molecule has 1 heterocycles. The van der Waals surface area contributed by atoms with Crippen LogP contribution in [0.1, 0.15) is 43.9 Å². The monoisotopic (exact) mass is 250 g/mol. The second kappa shape index (κ2) is 5.14. The first-order valence-electron chi connectivity index (χ1n) is 6.61. The van der Waals surface area contributed by atoms with Crippen LogP contribution in [-0.2, 0) is 17.8 Å². The van der Waals surface area contributed by atoms with Crippen molar-refractivity contribution in [3.63, 3.8) is 0 Å². The predicted octanol–water partition coefficient (Wildman–Crippen LogP) is 1.72. The molecule has 4 nitrogen and oxygen atoms in total. The highest BCUT2D eigenvalue weighted by Gasteiger charge is 2.21. The van der Waals surface area contributed by atoms with E-state index in [2.05, 4.69) is 0 Å². The lowest BCUT2D eigenvalue weighted by atomic mass is 9.93. The van der Waals surface area contributed by atoms with E-state index in [0.717, 1.165) is 24.8 Å². The molecule has 1 aliphatic carbocycles. The van der Waals surface area contributed by atoms with Crippen LogP contribution >= 0.6 is 0 Å². The van der Waals surface area contributed by atoms with Gasteiger partial charge in [0.2, 0.25) is 5.91 Å². The van der Waals surface area contributed by atoms with Crippen molar-refractivity contribution in [2.45, 2.75) is 51.8 Å². The lowest BCUT2D eigenvalue weighted by Gasteiger charge is -2.21. The Morgan fingerprint density at radius 2 is 2.28 bits per heavy atom. The van der Waals surface area contributed by atoms with Crippen molar-refractivity contribution in [2.75, 3.05) is 7.05 Å². The Labute approximate surface area is 108 Å². The van der Waals surface area contributed by atoms with E-state index in [4.69, 9.17) is 0 Å². The Kier molecular flexibility index (Phi) is 3.76. The minimum atomic E-state index is -0.354. The first kappa shape index (κ1) is 13.1. The minimum absolute atomic E-state index is 0.104. The van der Waals surface area contributed by atoms with E-state index in [0.29, 0.717) is 6.54 Å². The normalized spacial score (nSPS) is 18.8. The number of aliphatic hydroxyl groups excluding tert-OH is 1. The molecular weight excluding hydrogens is 228 g/mol. The first-order chi connectivity index (χ1) is 8.49. The molecule has 0 aromatic carbocycles. The van der Waals surface area contributed by atoms with E-state index in [1.807, 2.05) is 37.9 Å². The summed E-state index contributed by atoms with van der Waals surface area (Å²) in [5.41, 5.74) is 2.19. The smallest absolute Gasteiger partial charge is 0.242 e. The molecule has 18 heavy (non-hydrogen) atoms. The maximum atomic E-state index is 12.0. The van der Waals surface area contributed by atoms with Crippen LogP contribution < -0.4 is 0 Å². The van der Waals surface area contributed by atoms with Crippen molar-refractivity contribution in [1.29, 1.82) is 0 Å². The van der Waals surface area contributed by atoms with Gasteiger partial charge in [0.1, 0.15) is 6.54 Å². The average Bonchev–Trinajstić information content (AvgIpc) is 2.71. The molecule has 4 heteroatoms. The zero-order valence-corrected chi connectivity index (χ0v) is 11.4. The molecular formula is C14H22N2O2. The zero-order valence-electron chi connectivity index (χ0n) is 11.4. The number of nitrogens with zero attached hydrogens (tertiary/aromatic N) is 2. The fourth-order valence-corrected chi connectivity index (χ4v) is 2.37. The summed E-state index contributed by atoms with van der Waals surface area (Å²) in [7, 11) is 1.82. The summed E-state index contributed by atoms with van der Waals surface area (Å²) < 4.78 is 1.90. The fraction of sp³-hybridized carbons (Fsp3) is 0.643. The quantitative estimate of drug-likeness (QED) is 0.888. The molecule has 1 atom stereocenters. The third-order valence-corrected chi connectivity index (χ3v) is 3.77. The van der Waals surface area contributed by atoms with E-state index in [1.54, 1.807) is 4.90 Å². The molecule has 100 valence electrons. The number of carbonyl (C=O) groups is 1. The molecule has 0 saturated heterocycles. The highest BCUT2D eigenvalue weighted by atomic mass is 16.3. The highest BCUT2D eigenvalue weighted by Crippen LogP contribution is 2.30. The number of rotatable bonds is 3. The first-order valence-corrected chi connectivity index (χ1v) is 6.61. The average molecular weight is 250 g/mol. The van der Waals surface area contributed by atoms with Crippen LogP contribution in [0.2, 0.25) is 0 Å². The van der Waals surface area contributed by atoms with Crippen molar-refractivity contribution in [2.24, 2.45) is 0 Å². The third kappa shape index (κ3) is 2.58. The molecule has 1 aliphatic rings. The molecule has 0 aliphatic heterocycles. The Morgan fingerprint density at radius 3 is 2.89 bits per heavy atom. The van der Waals surface area contributed by atoms with Crippen LogP contribution in [0.3, 0.4) is 0 Å². The molecule has 0 bridgehead atoms. The van der Waals surface area contributed by atoms with E-state index in [9.17, 15) is 9.90 Å². The van der Waals surface area contributed by atoms with E-state index >= 15 is 0 Å². The van der Waals surface area contributed by atoms with Crippen LogP contribution in [0.25, 0.3) is 0 Å². The molecule has 1 aromatic heterocycles. The molecule has 1 amide bonds. The van der Waals surface area contributed by atoms with Crippen molar-refractivity contribution in [3.05, 3.63) is 23.5 Å². The van der Waals surface area contributed by atoms with Crippen LogP contribution in [0.4, 0.5) is 0 Å². The number of amides is 1. The lowest BCUT2D eigenvalue weighted by Crippen LogP contribution is -2.35. The zero-order chi connectivity index (χ0) is 13.3. The van der Waals surface area contributed by atoms with Gasteiger partial charge >= 0.3 is 0 Å². The molecule has 1 unspecified atom stereocenters. The van der Waals surface area contributed by atoms with Crippen LogP contribution in [0.5, 0.6) is 0 Å². The summed E-state index contributed by atoms with van der Waals surface area (Å²) in [4.78, 5) is 13.7. The SMILES string of the molecule is CC(C)N(C)C(=O)Cn1cc2c(c1)C(O)CCC2. The summed E-state index contributed by atoms with van der Waals surface area (Å²) in [5.74, 6) is 0.104. The molecule has 1 aromatic rings. The summed E-state index contributed by atoms with van der Waals surface area (Å²) in [6.07, 6.45) is 6.44. The Balaban J connectivity index is 2.09. The van der Waals surface area contributed by atoms with Crippen molar-refractivity contribution in [3.8, 4) is 0 Å². The Hall–Kier alpha value is -1.29. The van der Waals surface area contributed by atoms with E-state index < -0.39 is 0 Å². The fourth-order valence-electron chi connectivity index (χ4n) is 2.37. The van der Waals surface area contributed by atoms with Crippen molar-refractivity contribution >= 4 is 5.91 Å². The van der Waals surface area contributed by atoms with Gasteiger partial charge in [0.15, 0.2) is 0 Å². The maximum Gasteiger partial charge on any atom is 0.242 e. The predicted molar refractivity (Wildman–Crippen MR) is 70.2 cm³/mol. The molecule has 0 radical (unpaired) electrons. The van der Waals surface area contributed by atoms with Gasteiger partial charge in [-0.3, -0.25) is 4.79 Å². The minimum Gasteiger partial charge on any atom is -0.388 e. The number of likely N-dealkylation sites (N-methyl/N-ethyl adjacent to an activating group) is 1. The molecule has 0 spiro atoms. The Bertz CT molecular complexity index is 437. The highest BCUT2D eigenvalue weighted by molar-refractivity contribution is 5.76. The molecule has 1 N–H and O–H groups in total. The van der Waals surface area contributed by atoms with Gasteiger partial charge in [-0.05, 0) is 38.7 Å². The number of hydrogen-bond donors (Lipinski definition) is 1. The number of aliphatic hydroxyl groups is 1. The van der Waals surface area contributed by atoms with Crippen LogP contribution in [0.15, 0.2) is 12.4 Å². The number of fused-ring (bicyclic) bond motifs is 1. The summed E-state index contributed by atoms with van der Waals surface area (Å²) in [6.45, 7) is 4.36. The lowest BCUT2D eigenvalue weighted by molar-refractivity contribution is -0.131. The second-order valence-electron chi connectivity index (χ2n) is 5.42. The van der Waals surface area contributed by atoms with E-state index in [-0.39, 0.29) is 18.1 Å². The van der Waals surface area contributed by atoms with Crippen molar-refractivity contribution in [1.82, 2.24) is 9.47 Å².